The smallest absolute Gasteiger partial charge is 0.399 e. The molecule has 3 aromatic carbocycles. The standard InChI is InChI=1S/C25H21F7O/c1-2-13-3-5-14(6-4-13)16-10-19(26)22(20(27)11-16)15-7-8-18-17(9-15)12-21(28)24(23(18)29)33-25(30,31)32/h7-14H,2-6H2,1H3. The fourth-order valence-corrected chi connectivity index (χ4v) is 4.68. The molecule has 0 aromatic heterocycles. The zero-order valence-corrected chi connectivity index (χ0v) is 17.7. The molecule has 0 N–H and O–H groups in total. The number of hydrogen-bond donors (Lipinski definition) is 0. The van der Waals surface area contributed by atoms with Crippen molar-refractivity contribution in [2.24, 2.45) is 5.92 Å². The van der Waals surface area contributed by atoms with Gasteiger partial charge in [-0.1, -0.05) is 25.5 Å². The summed E-state index contributed by atoms with van der Waals surface area (Å²) in [5.74, 6) is -5.61. The van der Waals surface area contributed by atoms with Crippen molar-refractivity contribution in [1.82, 2.24) is 0 Å². The fourth-order valence-electron chi connectivity index (χ4n) is 4.68. The summed E-state index contributed by atoms with van der Waals surface area (Å²) < 4.78 is 99.3. The van der Waals surface area contributed by atoms with Crippen LogP contribution in [0.1, 0.15) is 50.5 Å². The van der Waals surface area contributed by atoms with Gasteiger partial charge in [0, 0.05) is 5.39 Å². The van der Waals surface area contributed by atoms with E-state index in [0.717, 1.165) is 44.2 Å². The summed E-state index contributed by atoms with van der Waals surface area (Å²) in [6.45, 7) is 2.13. The van der Waals surface area contributed by atoms with Gasteiger partial charge in [-0.2, -0.15) is 0 Å². The van der Waals surface area contributed by atoms with Gasteiger partial charge in [0.05, 0.1) is 5.56 Å². The molecule has 0 heterocycles. The van der Waals surface area contributed by atoms with Crippen LogP contribution in [0.25, 0.3) is 21.9 Å². The third-order valence-corrected chi connectivity index (χ3v) is 6.45. The van der Waals surface area contributed by atoms with Crippen molar-refractivity contribution < 1.29 is 35.5 Å². The number of rotatable bonds is 4. The largest absolute Gasteiger partial charge is 0.573 e. The Kier molecular flexibility index (Phi) is 6.29. The van der Waals surface area contributed by atoms with Crippen LogP contribution < -0.4 is 4.74 Å². The van der Waals surface area contributed by atoms with Gasteiger partial charge in [-0.15, -0.1) is 13.2 Å². The molecule has 1 nitrogen and oxygen atoms in total. The molecule has 33 heavy (non-hydrogen) atoms. The minimum absolute atomic E-state index is 0.0158. The van der Waals surface area contributed by atoms with Crippen molar-refractivity contribution >= 4 is 10.8 Å². The van der Waals surface area contributed by atoms with E-state index in [2.05, 4.69) is 11.7 Å². The summed E-state index contributed by atoms with van der Waals surface area (Å²) in [7, 11) is 0. The highest BCUT2D eigenvalue weighted by atomic mass is 19.4. The lowest BCUT2D eigenvalue weighted by molar-refractivity contribution is -0.276. The molecule has 1 saturated carbocycles. The van der Waals surface area contributed by atoms with Crippen LogP contribution in [0.15, 0.2) is 36.4 Å². The maximum absolute atomic E-state index is 15.0. The molecule has 0 amide bonds. The number of alkyl halides is 3. The SMILES string of the molecule is CCC1CCC(c2cc(F)c(-c3ccc4c(F)c(OC(F)(F)F)c(F)cc4c3)c(F)c2)CC1. The van der Waals surface area contributed by atoms with Gasteiger partial charge in [0.1, 0.15) is 11.6 Å². The minimum Gasteiger partial charge on any atom is -0.399 e. The van der Waals surface area contributed by atoms with E-state index in [1.165, 1.54) is 18.2 Å². The van der Waals surface area contributed by atoms with Crippen LogP contribution in [0.3, 0.4) is 0 Å². The van der Waals surface area contributed by atoms with E-state index < -0.39 is 35.4 Å². The third-order valence-electron chi connectivity index (χ3n) is 6.45. The highest BCUT2D eigenvalue weighted by Gasteiger charge is 2.34. The van der Waals surface area contributed by atoms with E-state index in [-0.39, 0.29) is 27.8 Å². The Labute approximate surface area is 186 Å². The summed E-state index contributed by atoms with van der Waals surface area (Å²) in [5.41, 5.74) is 0.233. The molecule has 1 aliphatic carbocycles. The van der Waals surface area contributed by atoms with Crippen molar-refractivity contribution in [3.8, 4) is 16.9 Å². The van der Waals surface area contributed by atoms with Gasteiger partial charge in [0.15, 0.2) is 11.6 Å². The van der Waals surface area contributed by atoms with Crippen molar-refractivity contribution in [1.29, 1.82) is 0 Å². The van der Waals surface area contributed by atoms with Gasteiger partial charge >= 0.3 is 6.36 Å². The lowest BCUT2D eigenvalue weighted by Gasteiger charge is -2.28. The van der Waals surface area contributed by atoms with Gasteiger partial charge in [-0.3, -0.25) is 0 Å². The minimum atomic E-state index is -5.28. The van der Waals surface area contributed by atoms with Crippen molar-refractivity contribution in [2.45, 2.75) is 51.3 Å². The Morgan fingerprint density at radius 2 is 1.48 bits per heavy atom. The zero-order chi connectivity index (χ0) is 23.9. The number of hydrogen-bond acceptors (Lipinski definition) is 1. The summed E-state index contributed by atoms with van der Waals surface area (Å²) in [4.78, 5) is 0. The van der Waals surface area contributed by atoms with Gasteiger partial charge < -0.3 is 4.74 Å². The number of fused-ring (bicyclic) bond motifs is 1. The molecule has 0 bridgehead atoms. The molecule has 1 fully saturated rings. The molecule has 8 heteroatoms. The first-order valence-electron chi connectivity index (χ1n) is 10.7. The number of benzene rings is 3. The molecule has 1 aliphatic rings. The van der Waals surface area contributed by atoms with Crippen molar-refractivity contribution in [3.05, 3.63) is 65.2 Å². The summed E-state index contributed by atoms with van der Waals surface area (Å²) in [6.07, 6.45) is -0.469. The van der Waals surface area contributed by atoms with Gasteiger partial charge in [-0.05, 0) is 78.3 Å². The molecule has 0 spiro atoms. The molecular weight excluding hydrogens is 449 g/mol. The maximum Gasteiger partial charge on any atom is 0.573 e. The molecule has 0 radical (unpaired) electrons. The van der Waals surface area contributed by atoms with Gasteiger partial charge in [0.25, 0.3) is 0 Å². The molecule has 0 aliphatic heterocycles. The molecule has 0 unspecified atom stereocenters. The Balaban J connectivity index is 1.69. The predicted molar refractivity (Wildman–Crippen MR) is 111 cm³/mol. The maximum atomic E-state index is 15.0. The summed E-state index contributed by atoms with van der Waals surface area (Å²) in [6, 6.07) is 6.57. The average molecular weight is 470 g/mol. The van der Waals surface area contributed by atoms with Crippen LogP contribution in [0.4, 0.5) is 30.7 Å². The number of ether oxygens (including phenoxy) is 1. The Bertz CT molecular complexity index is 1150. The molecule has 3 aromatic rings. The molecule has 176 valence electrons. The normalized spacial score (nSPS) is 19.2. The second-order valence-electron chi connectivity index (χ2n) is 8.47. The quantitative estimate of drug-likeness (QED) is 0.347. The Hall–Kier alpha value is -2.77. The van der Waals surface area contributed by atoms with Crippen LogP contribution in [0.5, 0.6) is 5.75 Å². The lowest BCUT2D eigenvalue weighted by Crippen LogP contribution is -2.19. The zero-order valence-electron chi connectivity index (χ0n) is 17.7. The second kappa shape index (κ2) is 8.88. The fraction of sp³-hybridized carbons (Fsp3) is 0.360. The first kappa shape index (κ1) is 23.4. The summed E-state index contributed by atoms with van der Waals surface area (Å²) in [5, 5.41) is -0.526. The molecule has 0 atom stereocenters. The Morgan fingerprint density at radius 1 is 0.848 bits per heavy atom. The highest BCUT2D eigenvalue weighted by molar-refractivity contribution is 5.89. The predicted octanol–water partition coefficient (Wildman–Crippen LogP) is 8.65. The topological polar surface area (TPSA) is 9.23 Å². The van der Waals surface area contributed by atoms with Gasteiger partial charge in [-0.25, -0.2) is 17.6 Å². The highest BCUT2D eigenvalue weighted by Crippen LogP contribution is 2.40. The van der Waals surface area contributed by atoms with Crippen molar-refractivity contribution in [3.63, 3.8) is 0 Å². The van der Waals surface area contributed by atoms with Crippen LogP contribution in [-0.4, -0.2) is 6.36 Å². The second-order valence-corrected chi connectivity index (χ2v) is 8.47. The molecular formula is C25H21F7O. The summed E-state index contributed by atoms with van der Waals surface area (Å²) >= 11 is 0. The number of halogens is 7. The lowest BCUT2D eigenvalue weighted by atomic mass is 9.77. The monoisotopic (exact) mass is 470 g/mol. The first-order chi connectivity index (χ1) is 15.6. The van der Waals surface area contributed by atoms with E-state index in [4.69, 9.17) is 0 Å². The van der Waals surface area contributed by atoms with Crippen LogP contribution in [-0.2, 0) is 0 Å². The van der Waals surface area contributed by atoms with Crippen LogP contribution in [0, 0.1) is 29.2 Å². The molecule has 0 saturated heterocycles. The van der Waals surface area contributed by atoms with E-state index in [1.54, 1.807) is 0 Å². The first-order valence-corrected chi connectivity index (χ1v) is 10.7. The van der Waals surface area contributed by atoms with E-state index in [1.807, 2.05) is 0 Å². The van der Waals surface area contributed by atoms with Crippen molar-refractivity contribution in [2.75, 3.05) is 0 Å². The Morgan fingerprint density at radius 3 is 2.06 bits per heavy atom. The van der Waals surface area contributed by atoms with E-state index in [9.17, 15) is 30.7 Å². The van der Waals surface area contributed by atoms with Gasteiger partial charge in [0.2, 0.25) is 5.75 Å². The van der Waals surface area contributed by atoms with Crippen LogP contribution >= 0.6 is 0 Å². The van der Waals surface area contributed by atoms with E-state index in [0.29, 0.717) is 17.5 Å². The van der Waals surface area contributed by atoms with Crippen LogP contribution in [0.2, 0.25) is 0 Å². The molecule has 4 rings (SSSR count). The third kappa shape index (κ3) is 4.80. The van der Waals surface area contributed by atoms with E-state index >= 15 is 0 Å². The average Bonchev–Trinajstić information content (AvgIpc) is 2.75.